The number of hydrogen-bond acceptors (Lipinski definition) is 12. The Morgan fingerprint density at radius 1 is 0.890 bits per heavy atom. The van der Waals surface area contributed by atoms with Gasteiger partial charge in [-0.2, -0.15) is 0 Å². The minimum Gasteiger partial charge on any atom is -0.507 e. The predicted octanol–water partition coefficient (Wildman–Crippen LogP) is 7.01. The number of fused-ring (bicyclic) bond motifs is 1. The van der Waals surface area contributed by atoms with Gasteiger partial charge in [-0.05, 0) is 72.4 Å². The van der Waals surface area contributed by atoms with E-state index in [1.54, 1.807) is 24.5 Å². The van der Waals surface area contributed by atoms with Crippen molar-refractivity contribution in [2.75, 3.05) is 26.7 Å². The van der Waals surface area contributed by atoms with Crippen molar-refractivity contribution in [1.82, 2.24) is 41.2 Å². The zero-order valence-electron chi connectivity index (χ0n) is 42.4. The van der Waals surface area contributed by atoms with E-state index in [0.717, 1.165) is 65.8 Å². The van der Waals surface area contributed by atoms with Crippen molar-refractivity contribution < 1.29 is 43.5 Å². The molecule has 0 radical (unpaired) electrons. The molecule has 1 fully saturated rings. The fourth-order valence-electron chi connectivity index (χ4n) is 9.37. The molecule has 2 aromatic heterocycles. The van der Waals surface area contributed by atoms with Crippen LogP contribution in [0.4, 0.5) is 0 Å². The van der Waals surface area contributed by atoms with E-state index >= 15 is 0 Å². The second kappa shape index (κ2) is 24.7. The number of aliphatic hydroxyl groups excluding tert-OH is 1. The Morgan fingerprint density at radius 2 is 1.59 bits per heavy atom. The number of rotatable bonds is 22. The highest BCUT2D eigenvalue weighted by atomic mass is 32.1. The van der Waals surface area contributed by atoms with Crippen LogP contribution in [0.2, 0.25) is 0 Å². The Hall–Kier alpha value is -6.92. The molecule has 4 atom stereocenters. The summed E-state index contributed by atoms with van der Waals surface area (Å²) in [4.78, 5) is 87.6. The lowest BCUT2D eigenvalue weighted by Gasteiger charge is -2.35. The topological polar surface area (TPSA) is 236 Å². The minimum absolute atomic E-state index is 0.00142. The van der Waals surface area contributed by atoms with E-state index in [9.17, 15) is 39.0 Å². The highest BCUT2D eigenvalue weighted by Crippen LogP contribution is 2.33. The third-order valence-electron chi connectivity index (χ3n) is 13.6. The van der Waals surface area contributed by atoms with Crippen LogP contribution in [0.1, 0.15) is 134 Å². The quantitative estimate of drug-likeness (QED) is 0.0386. The van der Waals surface area contributed by atoms with Crippen LogP contribution in [-0.4, -0.2) is 110 Å². The smallest absolute Gasteiger partial charge is 0.273 e. The summed E-state index contributed by atoms with van der Waals surface area (Å²) in [6, 6.07) is 20.0. The number of aromatic hydroxyl groups is 1. The van der Waals surface area contributed by atoms with Crippen LogP contribution in [0.25, 0.3) is 21.8 Å². The van der Waals surface area contributed by atoms with Crippen molar-refractivity contribution in [2.24, 2.45) is 5.41 Å². The van der Waals surface area contributed by atoms with Gasteiger partial charge in [0, 0.05) is 64.1 Å². The molecule has 3 aromatic carbocycles. The van der Waals surface area contributed by atoms with Gasteiger partial charge in [-0.1, -0.05) is 106 Å². The lowest BCUT2D eigenvalue weighted by Crippen LogP contribution is -2.57. The number of hydrogen-bond donors (Lipinski definition) is 6. The zero-order valence-corrected chi connectivity index (χ0v) is 43.2. The van der Waals surface area contributed by atoms with Gasteiger partial charge in [0.1, 0.15) is 17.8 Å². The summed E-state index contributed by atoms with van der Waals surface area (Å²) in [6.07, 6.45) is 6.23. The van der Waals surface area contributed by atoms with Crippen molar-refractivity contribution in [3.05, 3.63) is 112 Å². The largest absolute Gasteiger partial charge is 0.507 e. The maximum atomic E-state index is 14.0. The molecule has 0 bridgehead atoms. The standard InChI is InChI=1S/C55H68N8O9S/c1-34-49(73-33-58-34)37-20-18-35(19-21-37)31-57-52(69)44-29-39(64)32-63(44)54(71)50(55(2,3)4)60-48(67)17-11-9-7-6-8-10-16-47(66)56-26-27-62(5)53(70)41-24-22-38(28-45(41)65)46-30-43(61-72-46)51(68)59-42-25-23-36-14-12-13-15-40(36)42/h12-15,18-22,24,28,30,33,39,42,44,50,64-65H,6-11,16-17,23,25-27,29,31-32H2,1-5H3,(H,56,66)(H,57,69)(H,59,68)(H,60,67)/t39-,42-,44+,50-/m1/s1. The van der Waals surface area contributed by atoms with Crippen LogP contribution < -0.4 is 21.3 Å². The lowest BCUT2D eigenvalue weighted by molar-refractivity contribution is -0.144. The van der Waals surface area contributed by atoms with Crippen molar-refractivity contribution >= 4 is 46.8 Å². The molecule has 73 heavy (non-hydrogen) atoms. The third kappa shape index (κ3) is 14.2. The van der Waals surface area contributed by atoms with Gasteiger partial charge in [0.25, 0.3) is 11.8 Å². The summed E-state index contributed by atoms with van der Waals surface area (Å²) in [7, 11) is 1.59. The van der Waals surface area contributed by atoms with Gasteiger partial charge >= 0.3 is 0 Å². The number of thiazole rings is 1. The molecule has 18 heteroatoms. The number of carbonyl (C=O) groups excluding carboxylic acids is 6. The highest BCUT2D eigenvalue weighted by molar-refractivity contribution is 7.13. The van der Waals surface area contributed by atoms with Crippen molar-refractivity contribution in [2.45, 2.75) is 129 Å². The van der Waals surface area contributed by atoms with Crippen molar-refractivity contribution in [1.29, 1.82) is 0 Å². The molecule has 0 saturated carbocycles. The first-order valence-electron chi connectivity index (χ1n) is 25.2. The second-order valence-electron chi connectivity index (χ2n) is 20.2. The first kappa shape index (κ1) is 53.9. The molecule has 0 unspecified atom stereocenters. The van der Waals surface area contributed by atoms with Crippen LogP contribution in [0.3, 0.4) is 0 Å². The van der Waals surface area contributed by atoms with Crippen LogP contribution in [0.5, 0.6) is 5.75 Å². The van der Waals surface area contributed by atoms with Crippen molar-refractivity contribution in [3.63, 3.8) is 0 Å². The number of benzene rings is 3. The Labute approximate surface area is 430 Å². The van der Waals surface area contributed by atoms with Crippen LogP contribution in [0, 0.1) is 12.3 Å². The molecule has 6 N–H and O–H groups in total. The molecule has 1 aliphatic heterocycles. The molecule has 1 saturated heterocycles. The number of unbranched alkanes of at least 4 members (excludes halogenated alkanes) is 5. The molecule has 3 heterocycles. The number of nitrogens with zero attached hydrogens (tertiary/aromatic N) is 4. The highest BCUT2D eigenvalue weighted by Gasteiger charge is 2.44. The summed E-state index contributed by atoms with van der Waals surface area (Å²) in [6.45, 7) is 8.27. The Morgan fingerprint density at radius 3 is 2.29 bits per heavy atom. The fourth-order valence-corrected chi connectivity index (χ4v) is 10.2. The second-order valence-corrected chi connectivity index (χ2v) is 21.1. The van der Waals surface area contributed by atoms with Crippen molar-refractivity contribution in [3.8, 4) is 27.5 Å². The first-order chi connectivity index (χ1) is 35.0. The van der Waals surface area contributed by atoms with E-state index in [1.807, 2.05) is 75.7 Å². The molecule has 388 valence electrons. The van der Waals surface area contributed by atoms with Gasteiger partial charge in [0.2, 0.25) is 23.6 Å². The van der Waals surface area contributed by atoms with Gasteiger partial charge in [-0.15, -0.1) is 11.3 Å². The molecule has 7 rings (SSSR count). The number of aromatic nitrogens is 2. The van der Waals surface area contributed by atoms with Gasteiger partial charge in [-0.25, -0.2) is 4.98 Å². The molecule has 2 aliphatic rings. The zero-order chi connectivity index (χ0) is 52.2. The maximum absolute atomic E-state index is 14.0. The van der Waals surface area contributed by atoms with Gasteiger partial charge in [0.15, 0.2) is 11.5 Å². The fraction of sp³-hybridized carbons (Fsp3) is 0.455. The average Bonchev–Trinajstić information content (AvgIpc) is 4.20. The van der Waals surface area contributed by atoms with E-state index in [2.05, 4.69) is 37.5 Å². The molecule has 0 spiro atoms. The van der Waals surface area contributed by atoms with Gasteiger partial charge in [0.05, 0.1) is 33.8 Å². The van der Waals surface area contributed by atoms with Gasteiger partial charge in [-0.3, -0.25) is 28.8 Å². The van der Waals surface area contributed by atoms with Crippen LogP contribution >= 0.6 is 11.3 Å². The molecule has 17 nitrogen and oxygen atoms in total. The summed E-state index contributed by atoms with van der Waals surface area (Å²) >= 11 is 1.57. The number of aliphatic hydroxyl groups is 1. The number of amides is 6. The number of nitrogens with one attached hydrogen (secondary N) is 4. The van der Waals surface area contributed by atoms with E-state index < -0.39 is 35.4 Å². The summed E-state index contributed by atoms with van der Waals surface area (Å²) in [5.74, 6) is -1.93. The Bertz CT molecular complexity index is 2750. The number of phenolic OH excluding ortho intramolecular Hbond substituents is 1. The average molecular weight is 1020 g/mol. The van der Waals surface area contributed by atoms with E-state index in [0.29, 0.717) is 24.8 Å². The van der Waals surface area contributed by atoms with E-state index in [-0.39, 0.29) is 91.5 Å². The summed E-state index contributed by atoms with van der Waals surface area (Å²) in [5, 5.41) is 37.0. The predicted molar refractivity (Wildman–Crippen MR) is 277 cm³/mol. The lowest BCUT2D eigenvalue weighted by atomic mass is 9.85. The molecule has 5 aromatic rings. The van der Waals surface area contributed by atoms with E-state index in [4.69, 9.17) is 4.52 Å². The summed E-state index contributed by atoms with van der Waals surface area (Å²) in [5.41, 5.74) is 7.00. The SMILES string of the molecule is Cc1ncsc1-c1ccc(CNC(=O)[C@@H]2C[C@@H](O)CN2C(=O)[C@@H](NC(=O)CCCCCCCCC(=O)NCCN(C)C(=O)c2ccc(-c3cc(C(=O)N[C@@H]4CCc5ccccc54)no3)cc2O)C(C)(C)C)cc1. The first-order valence-corrected chi connectivity index (χ1v) is 26.1. The maximum Gasteiger partial charge on any atom is 0.273 e. The summed E-state index contributed by atoms with van der Waals surface area (Å²) < 4.78 is 5.42. The molecule has 1 aliphatic carbocycles. The third-order valence-corrected chi connectivity index (χ3v) is 14.6. The molecular formula is C55H68N8O9S. The molecule has 6 amide bonds. The number of aryl methyl sites for hydroxylation is 2. The van der Waals surface area contributed by atoms with Crippen LogP contribution in [-0.2, 0) is 32.1 Å². The number of carbonyl (C=O) groups is 6. The normalized spacial score (nSPS) is 16.6. The van der Waals surface area contributed by atoms with Gasteiger partial charge < -0.3 is 45.8 Å². The number of likely N-dealkylation sites (tertiary alicyclic amines) is 1. The Balaban J connectivity index is 0.751. The van der Waals surface area contributed by atoms with E-state index in [1.165, 1.54) is 33.6 Å². The monoisotopic (exact) mass is 1020 g/mol. The molecular weight excluding hydrogens is 949 g/mol. The number of phenols is 1. The Kier molecular flexibility index (Phi) is 18.2. The van der Waals surface area contributed by atoms with Crippen LogP contribution in [0.15, 0.2) is 82.8 Å². The number of likely N-dealkylation sites (N-methyl/N-ethyl adjacent to an activating group) is 1. The number of β-amino-alcohol motifs (C(OH)–C–C–N with tert-alkyl or cyclic N) is 1. The minimum atomic E-state index is -0.896.